The Morgan fingerprint density at radius 3 is 2.90 bits per heavy atom. The number of halogens is 1. The van der Waals surface area contributed by atoms with Crippen LogP contribution in [0.2, 0.25) is 5.28 Å². The molecule has 0 unspecified atom stereocenters. The number of benzene rings is 1. The lowest BCUT2D eigenvalue weighted by Gasteiger charge is -2.07. The smallest absolute Gasteiger partial charge is 0.224 e. The van der Waals surface area contributed by atoms with Gasteiger partial charge in [-0.1, -0.05) is 12.1 Å². The Bertz CT molecular complexity index is 696. The summed E-state index contributed by atoms with van der Waals surface area (Å²) in [6, 6.07) is 11.8. The fourth-order valence-electron chi connectivity index (χ4n) is 1.86. The van der Waals surface area contributed by atoms with Gasteiger partial charge in [-0.3, -0.25) is 0 Å². The van der Waals surface area contributed by atoms with E-state index in [1.165, 1.54) is 0 Å². The number of hydrogen-bond acceptors (Lipinski definition) is 4. The first-order valence-electron chi connectivity index (χ1n) is 6.13. The summed E-state index contributed by atoms with van der Waals surface area (Å²) in [5.41, 5.74) is 2.16. The van der Waals surface area contributed by atoms with E-state index < -0.39 is 0 Å². The van der Waals surface area contributed by atoms with Crippen molar-refractivity contribution in [2.75, 3.05) is 5.32 Å². The Morgan fingerprint density at radius 1 is 1.15 bits per heavy atom. The molecule has 0 bridgehead atoms. The average molecular weight is 286 g/mol. The summed E-state index contributed by atoms with van der Waals surface area (Å²) in [6.07, 6.45) is 5.29. The summed E-state index contributed by atoms with van der Waals surface area (Å²) in [5.74, 6) is 0.703. The van der Waals surface area contributed by atoms with E-state index in [9.17, 15) is 0 Å². The van der Waals surface area contributed by atoms with Gasteiger partial charge in [0.15, 0.2) is 0 Å². The van der Waals surface area contributed by atoms with Crippen molar-refractivity contribution in [1.82, 2.24) is 19.7 Å². The van der Waals surface area contributed by atoms with E-state index in [1.807, 2.05) is 35.1 Å². The highest BCUT2D eigenvalue weighted by molar-refractivity contribution is 6.28. The maximum atomic E-state index is 5.75. The number of rotatable bonds is 4. The molecule has 5 nitrogen and oxygen atoms in total. The highest BCUT2D eigenvalue weighted by atomic mass is 35.5. The fraction of sp³-hybridized carbons (Fsp3) is 0.0714. The lowest BCUT2D eigenvalue weighted by molar-refractivity contribution is 0.877. The molecule has 0 amide bonds. The zero-order valence-corrected chi connectivity index (χ0v) is 11.3. The predicted molar refractivity (Wildman–Crippen MR) is 77.9 cm³/mol. The van der Waals surface area contributed by atoms with Gasteiger partial charge in [0.25, 0.3) is 0 Å². The van der Waals surface area contributed by atoms with E-state index in [2.05, 4.69) is 26.4 Å². The van der Waals surface area contributed by atoms with Crippen molar-refractivity contribution in [3.8, 4) is 5.69 Å². The minimum absolute atomic E-state index is 0.236. The summed E-state index contributed by atoms with van der Waals surface area (Å²) in [5, 5.41) is 7.66. The molecule has 0 aliphatic heterocycles. The second-order valence-corrected chi connectivity index (χ2v) is 4.52. The molecule has 0 fully saturated rings. The zero-order valence-electron chi connectivity index (χ0n) is 10.6. The monoisotopic (exact) mass is 285 g/mol. The third-order valence-electron chi connectivity index (χ3n) is 2.78. The van der Waals surface area contributed by atoms with Gasteiger partial charge in [0.1, 0.15) is 5.82 Å². The van der Waals surface area contributed by atoms with Crippen molar-refractivity contribution < 1.29 is 0 Å². The Kier molecular flexibility index (Phi) is 3.60. The number of aromatic nitrogens is 4. The quantitative estimate of drug-likeness (QED) is 0.749. The average Bonchev–Trinajstić information content (AvgIpc) is 3.00. The maximum Gasteiger partial charge on any atom is 0.224 e. The Morgan fingerprint density at radius 2 is 2.10 bits per heavy atom. The highest BCUT2D eigenvalue weighted by Gasteiger charge is 2.00. The van der Waals surface area contributed by atoms with Crippen LogP contribution >= 0.6 is 11.6 Å². The molecule has 0 saturated heterocycles. The van der Waals surface area contributed by atoms with Gasteiger partial charge >= 0.3 is 0 Å². The van der Waals surface area contributed by atoms with Crippen molar-refractivity contribution in [2.45, 2.75) is 6.54 Å². The maximum absolute atomic E-state index is 5.75. The Labute approximate surface area is 121 Å². The number of nitrogens with one attached hydrogen (secondary N) is 1. The molecule has 6 heteroatoms. The van der Waals surface area contributed by atoms with Crippen molar-refractivity contribution >= 4 is 17.4 Å². The van der Waals surface area contributed by atoms with Gasteiger partial charge in [0.2, 0.25) is 5.28 Å². The molecule has 3 rings (SSSR count). The lowest BCUT2D eigenvalue weighted by Crippen LogP contribution is -2.03. The summed E-state index contributed by atoms with van der Waals surface area (Å²) in [4.78, 5) is 7.93. The van der Waals surface area contributed by atoms with Crippen LogP contribution in [-0.2, 0) is 6.54 Å². The molecule has 0 saturated carbocycles. The molecule has 0 atom stereocenters. The van der Waals surface area contributed by atoms with E-state index in [-0.39, 0.29) is 5.28 Å². The van der Waals surface area contributed by atoms with Crippen LogP contribution in [0, 0.1) is 0 Å². The molecule has 3 aromatic rings. The van der Waals surface area contributed by atoms with Crippen LogP contribution in [0.1, 0.15) is 5.56 Å². The van der Waals surface area contributed by atoms with Gasteiger partial charge in [-0.25, -0.2) is 14.6 Å². The summed E-state index contributed by atoms with van der Waals surface area (Å²) < 4.78 is 1.82. The van der Waals surface area contributed by atoms with Gasteiger partial charge < -0.3 is 5.32 Å². The van der Waals surface area contributed by atoms with Crippen LogP contribution in [0.25, 0.3) is 5.69 Å². The summed E-state index contributed by atoms with van der Waals surface area (Å²) in [6.45, 7) is 0.655. The number of anilines is 1. The molecule has 1 N–H and O–H groups in total. The number of nitrogens with zero attached hydrogens (tertiary/aromatic N) is 4. The standard InChI is InChI=1S/C14H12ClN5/c15-14-16-7-5-13(19-14)17-10-11-3-1-4-12(9-11)20-8-2-6-18-20/h1-9H,10H2,(H,16,17,19). The second-order valence-electron chi connectivity index (χ2n) is 4.18. The third kappa shape index (κ3) is 2.95. The van der Waals surface area contributed by atoms with Crippen LogP contribution in [0.5, 0.6) is 0 Å². The van der Waals surface area contributed by atoms with E-state index in [4.69, 9.17) is 11.6 Å². The highest BCUT2D eigenvalue weighted by Crippen LogP contribution is 2.12. The third-order valence-corrected chi connectivity index (χ3v) is 2.96. The van der Waals surface area contributed by atoms with Gasteiger partial charge in [-0.2, -0.15) is 5.10 Å². The molecule has 0 aliphatic carbocycles. The number of hydrogen-bond donors (Lipinski definition) is 1. The van der Waals surface area contributed by atoms with Crippen LogP contribution < -0.4 is 5.32 Å². The molecule has 0 aliphatic rings. The van der Waals surface area contributed by atoms with Gasteiger partial charge in [0.05, 0.1) is 5.69 Å². The molecular formula is C14H12ClN5. The minimum atomic E-state index is 0.236. The molecule has 2 aromatic heterocycles. The van der Waals surface area contributed by atoms with E-state index in [1.54, 1.807) is 18.5 Å². The first kappa shape index (κ1) is 12.6. The SMILES string of the molecule is Clc1nccc(NCc2cccc(-n3cccn3)c2)n1. The van der Waals surface area contributed by atoms with Crippen LogP contribution in [0.3, 0.4) is 0 Å². The van der Waals surface area contributed by atoms with E-state index in [0.717, 1.165) is 11.3 Å². The molecule has 0 spiro atoms. The topological polar surface area (TPSA) is 55.6 Å². The predicted octanol–water partition coefficient (Wildman–Crippen LogP) is 2.93. The molecule has 100 valence electrons. The lowest BCUT2D eigenvalue weighted by atomic mass is 10.2. The van der Waals surface area contributed by atoms with E-state index in [0.29, 0.717) is 12.4 Å². The molecule has 2 heterocycles. The largest absolute Gasteiger partial charge is 0.366 e. The van der Waals surface area contributed by atoms with Crippen molar-refractivity contribution in [3.05, 3.63) is 65.8 Å². The van der Waals surface area contributed by atoms with Crippen molar-refractivity contribution in [2.24, 2.45) is 0 Å². The second kappa shape index (κ2) is 5.71. The van der Waals surface area contributed by atoms with E-state index >= 15 is 0 Å². The van der Waals surface area contributed by atoms with Crippen LogP contribution in [0.4, 0.5) is 5.82 Å². The van der Waals surface area contributed by atoms with Gasteiger partial charge in [0, 0.05) is 25.1 Å². The normalized spacial score (nSPS) is 10.4. The Hall–Kier alpha value is -2.40. The molecule has 1 aromatic carbocycles. The Balaban J connectivity index is 1.73. The van der Waals surface area contributed by atoms with Gasteiger partial charge in [-0.05, 0) is 41.4 Å². The van der Waals surface area contributed by atoms with Crippen molar-refractivity contribution in [3.63, 3.8) is 0 Å². The molecule has 0 radical (unpaired) electrons. The van der Waals surface area contributed by atoms with Gasteiger partial charge in [-0.15, -0.1) is 0 Å². The first-order chi connectivity index (χ1) is 9.81. The summed E-state index contributed by atoms with van der Waals surface area (Å²) in [7, 11) is 0. The van der Waals surface area contributed by atoms with Crippen LogP contribution in [-0.4, -0.2) is 19.7 Å². The van der Waals surface area contributed by atoms with Crippen LogP contribution in [0.15, 0.2) is 55.0 Å². The zero-order chi connectivity index (χ0) is 13.8. The fourth-order valence-corrected chi connectivity index (χ4v) is 2.00. The first-order valence-corrected chi connectivity index (χ1v) is 6.50. The molecular weight excluding hydrogens is 274 g/mol. The molecule has 20 heavy (non-hydrogen) atoms. The van der Waals surface area contributed by atoms with Crippen molar-refractivity contribution in [1.29, 1.82) is 0 Å². The minimum Gasteiger partial charge on any atom is -0.366 e. The summed E-state index contributed by atoms with van der Waals surface area (Å²) >= 11 is 5.75.